The molecule has 0 spiro atoms. The summed E-state index contributed by atoms with van der Waals surface area (Å²) in [5.74, 6) is 0.983. The molecule has 1 aliphatic rings. The molecule has 5 rings (SSSR count). The van der Waals surface area contributed by atoms with Gasteiger partial charge in [0.05, 0.1) is 23.3 Å². The van der Waals surface area contributed by atoms with Crippen molar-refractivity contribution in [2.45, 2.75) is 64.2 Å². The second-order valence-corrected chi connectivity index (χ2v) is 10.3. The Balaban J connectivity index is 1.36. The maximum Gasteiger partial charge on any atom is 0.284 e. The molecule has 0 radical (unpaired) electrons. The Morgan fingerprint density at radius 3 is 2.78 bits per heavy atom. The number of Topliss-reactive ketones (excluding diaryl/α,β-unsaturated/α-hetero) is 1. The van der Waals surface area contributed by atoms with E-state index in [9.17, 15) is 4.79 Å². The summed E-state index contributed by atoms with van der Waals surface area (Å²) in [6, 6.07) is 3.95. The molecule has 0 fully saturated rings. The quantitative estimate of drug-likeness (QED) is 0.303. The zero-order valence-corrected chi connectivity index (χ0v) is 21.0. The fourth-order valence-corrected chi connectivity index (χ4v) is 4.43. The van der Waals surface area contributed by atoms with E-state index < -0.39 is 0 Å². The number of nitrogens with one attached hydrogen (secondary N) is 1. The summed E-state index contributed by atoms with van der Waals surface area (Å²) < 4.78 is 7.40. The Labute approximate surface area is 209 Å². The molecule has 4 heterocycles. The number of rotatable bonds is 6. The van der Waals surface area contributed by atoms with Gasteiger partial charge in [0.25, 0.3) is 5.89 Å². The molecule has 0 aromatic carbocycles. The smallest absolute Gasteiger partial charge is 0.284 e. The third-order valence-electron chi connectivity index (χ3n) is 6.33. The van der Waals surface area contributed by atoms with E-state index in [1.54, 1.807) is 17.1 Å². The number of hydrogen-bond donors (Lipinski definition) is 1. The van der Waals surface area contributed by atoms with Crippen LogP contribution in [0.4, 0.5) is 11.6 Å². The number of nitrogens with zero attached hydrogens (tertiary/aromatic N) is 7. The summed E-state index contributed by atoms with van der Waals surface area (Å²) >= 11 is 0. The first kappa shape index (κ1) is 23.8. The number of aromatic nitrogens is 7. The molecule has 36 heavy (non-hydrogen) atoms. The average molecular weight is 487 g/mol. The topological polar surface area (TPSA) is 125 Å². The van der Waals surface area contributed by atoms with Crippen LogP contribution in [0.2, 0.25) is 0 Å². The SMILES string of the molecule is Cn1cc(Nc2nccc(-c3cc4c(cn3)[C@H](CC(=O)c3nnc(C(C)(C)C)o3)CCCC4)n2)cn1. The predicted octanol–water partition coefficient (Wildman–Crippen LogP) is 4.78. The van der Waals surface area contributed by atoms with Gasteiger partial charge in [-0.1, -0.05) is 27.2 Å². The van der Waals surface area contributed by atoms with Gasteiger partial charge in [0.15, 0.2) is 0 Å². The van der Waals surface area contributed by atoms with Gasteiger partial charge in [0.2, 0.25) is 17.6 Å². The van der Waals surface area contributed by atoms with Crippen molar-refractivity contribution in [1.29, 1.82) is 0 Å². The number of fused-ring (bicyclic) bond motifs is 1. The van der Waals surface area contributed by atoms with Crippen LogP contribution in [0, 0.1) is 0 Å². The largest absolute Gasteiger partial charge is 0.418 e. The van der Waals surface area contributed by atoms with Crippen LogP contribution in [0.5, 0.6) is 0 Å². The van der Waals surface area contributed by atoms with Crippen molar-refractivity contribution < 1.29 is 9.21 Å². The molecule has 0 amide bonds. The molecule has 4 aromatic heterocycles. The van der Waals surface area contributed by atoms with E-state index in [4.69, 9.17) is 9.40 Å². The van der Waals surface area contributed by atoms with E-state index in [2.05, 4.69) is 36.6 Å². The summed E-state index contributed by atoms with van der Waals surface area (Å²) in [6.45, 7) is 5.94. The molecule has 1 atom stereocenters. The first-order valence-electron chi connectivity index (χ1n) is 12.2. The van der Waals surface area contributed by atoms with Crippen LogP contribution < -0.4 is 5.32 Å². The molecule has 1 aliphatic carbocycles. The van der Waals surface area contributed by atoms with E-state index in [1.807, 2.05) is 46.3 Å². The average Bonchev–Trinajstić information content (AvgIpc) is 3.46. The summed E-state index contributed by atoms with van der Waals surface area (Å²) in [6.07, 6.45) is 11.5. The van der Waals surface area contributed by atoms with E-state index >= 15 is 0 Å². The number of pyridine rings is 1. The number of hydrogen-bond acceptors (Lipinski definition) is 9. The number of anilines is 2. The fourth-order valence-electron chi connectivity index (χ4n) is 4.43. The minimum absolute atomic E-state index is 0.0646. The lowest BCUT2D eigenvalue weighted by Gasteiger charge is -2.17. The lowest BCUT2D eigenvalue weighted by Crippen LogP contribution is -2.11. The first-order chi connectivity index (χ1) is 17.3. The molecular formula is C26H30N8O2. The standard InChI is InChI=1S/C26H30N8O2/c1-26(2,3)24-33-32-23(36-24)22(35)12-17-8-6-5-7-16-11-21(28-14-19(16)17)20-9-10-27-25(31-20)30-18-13-29-34(4)15-18/h9-11,13-15,17H,5-8,12H2,1-4H3,(H,27,30,31)/t17-/m0/s1. The minimum Gasteiger partial charge on any atom is -0.418 e. The highest BCUT2D eigenvalue weighted by molar-refractivity contribution is 5.92. The van der Waals surface area contributed by atoms with Crippen molar-refractivity contribution >= 4 is 17.4 Å². The summed E-state index contributed by atoms with van der Waals surface area (Å²) in [5.41, 5.74) is 4.35. The second-order valence-electron chi connectivity index (χ2n) is 10.3. The Bertz CT molecular complexity index is 1380. The summed E-state index contributed by atoms with van der Waals surface area (Å²) in [4.78, 5) is 26.7. The fraction of sp³-hybridized carbons (Fsp3) is 0.423. The molecule has 0 saturated heterocycles. The molecule has 186 valence electrons. The molecular weight excluding hydrogens is 456 g/mol. The van der Waals surface area contributed by atoms with Crippen molar-refractivity contribution in [3.8, 4) is 11.4 Å². The lowest BCUT2D eigenvalue weighted by atomic mass is 9.89. The van der Waals surface area contributed by atoms with Crippen LogP contribution in [0.25, 0.3) is 11.4 Å². The Hall–Kier alpha value is -3.95. The van der Waals surface area contributed by atoms with Crippen LogP contribution in [0.15, 0.2) is 41.3 Å². The zero-order chi connectivity index (χ0) is 25.3. The van der Waals surface area contributed by atoms with Crippen LogP contribution >= 0.6 is 0 Å². The number of ketones is 1. The van der Waals surface area contributed by atoms with E-state index in [-0.39, 0.29) is 23.0 Å². The monoisotopic (exact) mass is 486 g/mol. The molecule has 1 N–H and O–H groups in total. The Morgan fingerprint density at radius 2 is 2.03 bits per heavy atom. The highest BCUT2D eigenvalue weighted by atomic mass is 16.4. The van der Waals surface area contributed by atoms with Gasteiger partial charge < -0.3 is 9.73 Å². The van der Waals surface area contributed by atoms with Gasteiger partial charge >= 0.3 is 0 Å². The van der Waals surface area contributed by atoms with Gasteiger partial charge in [-0.05, 0) is 48.4 Å². The van der Waals surface area contributed by atoms with Crippen molar-refractivity contribution in [2.75, 3.05) is 5.32 Å². The Morgan fingerprint density at radius 1 is 1.17 bits per heavy atom. The minimum atomic E-state index is -0.296. The highest BCUT2D eigenvalue weighted by Crippen LogP contribution is 2.35. The zero-order valence-electron chi connectivity index (χ0n) is 21.0. The first-order valence-corrected chi connectivity index (χ1v) is 12.2. The number of carbonyl (C=O) groups is 1. The van der Waals surface area contributed by atoms with Gasteiger partial charge in [-0.25, -0.2) is 9.97 Å². The van der Waals surface area contributed by atoms with Crippen molar-refractivity contribution in [2.24, 2.45) is 7.05 Å². The van der Waals surface area contributed by atoms with Crippen LogP contribution in [-0.2, 0) is 18.9 Å². The predicted molar refractivity (Wildman–Crippen MR) is 134 cm³/mol. The molecule has 0 unspecified atom stereocenters. The molecule has 0 saturated carbocycles. The van der Waals surface area contributed by atoms with Gasteiger partial charge in [-0.3, -0.25) is 14.5 Å². The number of carbonyl (C=O) groups excluding carboxylic acids is 1. The second kappa shape index (κ2) is 9.60. The maximum atomic E-state index is 13.0. The van der Waals surface area contributed by atoms with Gasteiger partial charge in [-0.2, -0.15) is 5.10 Å². The number of aryl methyl sites for hydroxylation is 2. The molecule has 10 heteroatoms. The molecule has 4 aromatic rings. The molecule has 10 nitrogen and oxygen atoms in total. The van der Waals surface area contributed by atoms with E-state index in [0.717, 1.165) is 48.3 Å². The maximum absolute atomic E-state index is 13.0. The Kier molecular flexibility index (Phi) is 6.34. The van der Waals surface area contributed by atoms with Crippen LogP contribution in [0.1, 0.15) is 80.1 Å². The van der Waals surface area contributed by atoms with Crippen LogP contribution in [-0.4, -0.2) is 40.7 Å². The van der Waals surface area contributed by atoms with Crippen LogP contribution in [0.3, 0.4) is 0 Å². The highest BCUT2D eigenvalue weighted by Gasteiger charge is 2.28. The van der Waals surface area contributed by atoms with E-state index in [0.29, 0.717) is 18.3 Å². The third kappa shape index (κ3) is 5.17. The normalized spacial score (nSPS) is 15.8. The summed E-state index contributed by atoms with van der Waals surface area (Å²) in [5, 5.41) is 15.4. The molecule has 0 aliphatic heterocycles. The van der Waals surface area contributed by atoms with Gasteiger partial charge in [0, 0.05) is 37.5 Å². The molecule has 0 bridgehead atoms. The lowest BCUT2D eigenvalue weighted by molar-refractivity contribution is 0.0935. The van der Waals surface area contributed by atoms with Crippen molar-refractivity contribution in [3.63, 3.8) is 0 Å². The third-order valence-corrected chi connectivity index (χ3v) is 6.33. The van der Waals surface area contributed by atoms with Gasteiger partial charge in [-0.15, -0.1) is 10.2 Å². The van der Waals surface area contributed by atoms with Crippen molar-refractivity contribution in [3.05, 3.63) is 59.8 Å². The summed E-state index contributed by atoms with van der Waals surface area (Å²) in [7, 11) is 1.86. The van der Waals surface area contributed by atoms with E-state index in [1.165, 1.54) is 5.56 Å². The van der Waals surface area contributed by atoms with Crippen molar-refractivity contribution in [1.82, 2.24) is 34.9 Å². The van der Waals surface area contributed by atoms with Gasteiger partial charge in [0.1, 0.15) is 0 Å².